The van der Waals surface area contributed by atoms with Crippen LogP contribution in [0.3, 0.4) is 0 Å². The van der Waals surface area contributed by atoms with Crippen LogP contribution in [0.5, 0.6) is 11.5 Å². The summed E-state index contributed by atoms with van der Waals surface area (Å²) in [5.41, 5.74) is 2.89. The topological polar surface area (TPSA) is 86.2 Å². The van der Waals surface area contributed by atoms with Crippen LogP contribution in [0, 0.1) is 0 Å². The first-order valence-electron chi connectivity index (χ1n) is 8.36. The molecule has 0 spiro atoms. The van der Waals surface area contributed by atoms with Gasteiger partial charge in [-0.25, -0.2) is 9.97 Å². The molecule has 1 aromatic carbocycles. The number of benzene rings is 1. The van der Waals surface area contributed by atoms with E-state index in [-0.39, 0.29) is 11.9 Å². The SMILES string of the molecule is COc1ccc(C(C)NC(=O)c2ccc(-c3cncnc3)nc2)cc1OC. The van der Waals surface area contributed by atoms with Crippen molar-refractivity contribution in [2.45, 2.75) is 13.0 Å². The minimum atomic E-state index is -0.209. The van der Waals surface area contributed by atoms with Crippen molar-refractivity contribution in [3.05, 3.63) is 66.4 Å². The monoisotopic (exact) mass is 364 g/mol. The highest BCUT2D eigenvalue weighted by atomic mass is 16.5. The van der Waals surface area contributed by atoms with E-state index >= 15 is 0 Å². The molecule has 0 radical (unpaired) electrons. The fraction of sp³-hybridized carbons (Fsp3) is 0.200. The van der Waals surface area contributed by atoms with Gasteiger partial charge in [-0.05, 0) is 36.8 Å². The lowest BCUT2D eigenvalue weighted by Crippen LogP contribution is -2.26. The average molecular weight is 364 g/mol. The summed E-state index contributed by atoms with van der Waals surface area (Å²) in [5.74, 6) is 1.05. The average Bonchev–Trinajstić information content (AvgIpc) is 2.73. The van der Waals surface area contributed by atoms with E-state index in [0.29, 0.717) is 22.8 Å². The number of nitrogens with one attached hydrogen (secondary N) is 1. The summed E-state index contributed by atoms with van der Waals surface area (Å²) in [6.07, 6.45) is 6.35. The van der Waals surface area contributed by atoms with Crippen LogP contribution >= 0.6 is 0 Å². The third kappa shape index (κ3) is 4.20. The quantitative estimate of drug-likeness (QED) is 0.723. The number of hydrogen-bond donors (Lipinski definition) is 1. The van der Waals surface area contributed by atoms with Crippen LogP contribution in [-0.2, 0) is 0 Å². The number of nitrogens with zero attached hydrogens (tertiary/aromatic N) is 3. The smallest absolute Gasteiger partial charge is 0.253 e. The van der Waals surface area contributed by atoms with Crippen molar-refractivity contribution in [2.24, 2.45) is 0 Å². The highest BCUT2D eigenvalue weighted by Gasteiger charge is 2.14. The number of rotatable bonds is 6. The maximum Gasteiger partial charge on any atom is 0.253 e. The van der Waals surface area contributed by atoms with Crippen molar-refractivity contribution in [2.75, 3.05) is 14.2 Å². The Morgan fingerprint density at radius 1 is 1.00 bits per heavy atom. The second-order valence-corrected chi connectivity index (χ2v) is 5.87. The van der Waals surface area contributed by atoms with Crippen LogP contribution in [0.2, 0.25) is 0 Å². The lowest BCUT2D eigenvalue weighted by molar-refractivity contribution is 0.0939. The molecule has 27 heavy (non-hydrogen) atoms. The Kier molecular flexibility index (Phi) is 5.61. The molecule has 7 nitrogen and oxygen atoms in total. The van der Waals surface area contributed by atoms with Gasteiger partial charge in [0.05, 0.1) is 31.5 Å². The summed E-state index contributed by atoms with van der Waals surface area (Å²) in [6, 6.07) is 8.85. The standard InChI is InChI=1S/C20H20N4O3/c1-13(14-5-7-18(26-2)19(8-14)27-3)24-20(25)15-4-6-17(23-11-15)16-9-21-12-22-10-16/h4-13H,1-3H3,(H,24,25). The number of ether oxygens (including phenoxy) is 2. The van der Waals surface area contributed by atoms with Gasteiger partial charge in [-0.1, -0.05) is 6.07 Å². The van der Waals surface area contributed by atoms with Crippen LogP contribution < -0.4 is 14.8 Å². The summed E-state index contributed by atoms with van der Waals surface area (Å²) < 4.78 is 10.6. The van der Waals surface area contributed by atoms with Crippen LogP contribution in [0.1, 0.15) is 28.9 Å². The molecule has 3 aromatic rings. The maximum absolute atomic E-state index is 12.5. The molecule has 1 atom stereocenters. The van der Waals surface area contributed by atoms with Gasteiger partial charge < -0.3 is 14.8 Å². The first-order chi connectivity index (χ1) is 13.1. The van der Waals surface area contributed by atoms with E-state index in [4.69, 9.17) is 9.47 Å². The van der Waals surface area contributed by atoms with Crippen molar-refractivity contribution in [3.63, 3.8) is 0 Å². The van der Waals surface area contributed by atoms with Crippen molar-refractivity contribution >= 4 is 5.91 Å². The fourth-order valence-corrected chi connectivity index (χ4v) is 2.62. The molecule has 0 fully saturated rings. The molecule has 7 heteroatoms. The number of carbonyl (C=O) groups excluding carboxylic acids is 1. The highest BCUT2D eigenvalue weighted by molar-refractivity contribution is 5.94. The first kappa shape index (κ1) is 18.3. The molecule has 0 saturated heterocycles. The lowest BCUT2D eigenvalue weighted by atomic mass is 10.1. The molecule has 0 aliphatic heterocycles. The zero-order chi connectivity index (χ0) is 19.2. The Balaban J connectivity index is 1.71. The molecular formula is C20H20N4O3. The van der Waals surface area contributed by atoms with Crippen LogP contribution in [-0.4, -0.2) is 35.1 Å². The van der Waals surface area contributed by atoms with Gasteiger partial charge >= 0.3 is 0 Å². The maximum atomic E-state index is 12.5. The predicted octanol–water partition coefficient (Wildman–Crippen LogP) is 3.05. The number of carbonyl (C=O) groups is 1. The van der Waals surface area contributed by atoms with Gasteiger partial charge in [0.25, 0.3) is 5.91 Å². The molecular weight excluding hydrogens is 344 g/mol. The first-order valence-corrected chi connectivity index (χ1v) is 8.36. The molecule has 0 aliphatic carbocycles. The summed E-state index contributed by atoms with van der Waals surface area (Å²) in [5, 5.41) is 2.96. The Morgan fingerprint density at radius 2 is 1.74 bits per heavy atom. The molecule has 1 N–H and O–H groups in total. The van der Waals surface area contributed by atoms with Crippen molar-refractivity contribution in [1.82, 2.24) is 20.3 Å². The van der Waals surface area contributed by atoms with Gasteiger partial charge in [0.1, 0.15) is 6.33 Å². The second kappa shape index (κ2) is 8.27. The molecule has 1 amide bonds. The fourth-order valence-electron chi connectivity index (χ4n) is 2.62. The number of aromatic nitrogens is 3. The van der Waals surface area contributed by atoms with E-state index in [1.165, 1.54) is 6.33 Å². The van der Waals surface area contributed by atoms with Crippen LogP contribution in [0.4, 0.5) is 0 Å². The second-order valence-electron chi connectivity index (χ2n) is 5.87. The Hall–Kier alpha value is -3.48. The predicted molar refractivity (Wildman–Crippen MR) is 101 cm³/mol. The van der Waals surface area contributed by atoms with E-state index < -0.39 is 0 Å². The number of hydrogen-bond acceptors (Lipinski definition) is 6. The van der Waals surface area contributed by atoms with Gasteiger partial charge in [-0.3, -0.25) is 9.78 Å². The molecule has 3 rings (SSSR count). The number of methoxy groups -OCH3 is 2. The van der Waals surface area contributed by atoms with E-state index in [0.717, 1.165) is 11.1 Å². The van der Waals surface area contributed by atoms with Crippen molar-refractivity contribution < 1.29 is 14.3 Å². The molecule has 0 bridgehead atoms. The van der Waals surface area contributed by atoms with Crippen LogP contribution in [0.15, 0.2) is 55.2 Å². The molecule has 2 heterocycles. The van der Waals surface area contributed by atoms with E-state index in [1.807, 2.05) is 25.1 Å². The lowest BCUT2D eigenvalue weighted by Gasteiger charge is -2.16. The van der Waals surface area contributed by atoms with Gasteiger partial charge in [-0.15, -0.1) is 0 Å². The Labute approximate surface area is 157 Å². The van der Waals surface area contributed by atoms with Gasteiger partial charge in [0, 0.05) is 24.2 Å². The minimum absolute atomic E-state index is 0.208. The van der Waals surface area contributed by atoms with E-state index in [2.05, 4.69) is 20.3 Å². The molecule has 0 aliphatic rings. The number of pyridine rings is 1. The van der Waals surface area contributed by atoms with Crippen molar-refractivity contribution in [1.29, 1.82) is 0 Å². The van der Waals surface area contributed by atoms with Gasteiger partial charge in [0.15, 0.2) is 11.5 Å². The summed E-state index contributed by atoms with van der Waals surface area (Å²) in [6.45, 7) is 1.91. The molecule has 2 aromatic heterocycles. The normalized spacial score (nSPS) is 11.5. The van der Waals surface area contributed by atoms with Crippen LogP contribution in [0.25, 0.3) is 11.3 Å². The van der Waals surface area contributed by atoms with Crippen molar-refractivity contribution in [3.8, 4) is 22.8 Å². The largest absolute Gasteiger partial charge is 0.493 e. The van der Waals surface area contributed by atoms with Gasteiger partial charge in [0.2, 0.25) is 0 Å². The van der Waals surface area contributed by atoms with E-state index in [9.17, 15) is 4.79 Å². The minimum Gasteiger partial charge on any atom is -0.493 e. The zero-order valence-corrected chi connectivity index (χ0v) is 15.3. The highest BCUT2D eigenvalue weighted by Crippen LogP contribution is 2.30. The summed E-state index contributed by atoms with van der Waals surface area (Å²) in [4.78, 5) is 24.8. The van der Waals surface area contributed by atoms with Gasteiger partial charge in [-0.2, -0.15) is 0 Å². The summed E-state index contributed by atoms with van der Waals surface area (Å²) in [7, 11) is 3.16. The molecule has 1 unspecified atom stereocenters. The summed E-state index contributed by atoms with van der Waals surface area (Å²) >= 11 is 0. The molecule has 0 saturated carbocycles. The Morgan fingerprint density at radius 3 is 2.37 bits per heavy atom. The Bertz CT molecular complexity index is 914. The zero-order valence-electron chi connectivity index (χ0n) is 15.3. The third-order valence-electron chi connectivity index (χ3n) is 4.14. The molecule has 138 valence electrons. The van der Waals surface area contributed by atoms with E-state index in [1.54, 1.807) is 44.9 Å². The number of amides is 1. The third-order valence-corrected chi connectivity index (χ3v) is 4.14.